The van der Waals surface area contributed by atoms with Crippen molar-refractivity contribution in [2.45, 2.75) is 20.4 Å². The summed E-state index contributed by atoms with van der Waals surface area (Å²) >= 11 is 0. The van der Waals surface area contributed by atoms with E-state index in [-0.39, 0.29) is 0 Å². The molecule has 3 N–H and O–H groups in total. The third-order valence-corrected chi connectivity index (χ3v) is 2.25. The van der Waals surface area contributed by atoms with E-state index >= 15 is 0 Å². The van der Waals surface area contributed by atoms with Crippen LogP contribution in [0.1, 0.15) is 16.7 Å². The van der Waals surface area contributed by atoms with Gasteiger partial charge in [-0.2, -0.15) is 0 Å². The highest BCUT2D eigenvalue weighted by atomic mass is 16.2. The maximum atomic E-state index is 10.9. The van der Waals surface area contributed by atoms with Crippen molar-refractivity contribution in [1.82, 2.24) is 5.32 Å². The standard InChI is InChI=1S/C11H14N2O2/c1-7-3-4-9(5-8(7)2)6-13-11(15)10(12)14/h3-5H,6H2,1-2H3,(H2,12,14)(H,13,15). The van der Waals surface area contributed by atoms with Crippen molar-refractivity contribution in [3.05, 3.63) is 34.9 Å². The first-order valence-electron chi connectivity index (χ1n) is 4.64. The Kier molecular flexibility index (Phi) is 3.44. The molecule has 2 amide bonds. The molecular weight excluding hydrogens is 192 g/mol. The number of nitrogens with two attached hydrogens (primary N) is 1. The van der Waals surface area contributed by atoms with E-state index in [9.17, 15) is 9.59 Å². The van der Waals surface area contributed by atoms with Gasteiger partial charge in [-0.05, 0) is 30.5 Å². The summed E-state index contributed by atoms with van der Waals surface area (Å²) in [7, 11) is 0. The molecule has 1 rings (SSSR count). The first kappa shape index (κ1) is 11.2. The van der Waals surface area contributed by atoms with Gasteiger partial charge >= 0.3 is 11.8 Å². The Morgan fingerprint density at radius 1 is 1.27 bits per heavy atom. The van der Waals surface area contributed by atoms with Gasteiger partial charge in [0, 0.05) is 6.54 Å². The fraction of sp³-hybridized carbons (Fsp3) is 0.273. The second-order valence-electron chi connectivity index (χ2n) is 3.47. The number of carbonyl (C=O) groups excluding carboxylic acids is 2. The Hall–Kier alpha value is -1.84. The van der Waals surface area contributed by atoms with Crippen molar-refractivity contribution >= 4 is 11.8 Å². The molecular formula is C11H14N2O2. The molecule has 0 atom stereocenters. The lowest BCUT2D eigenvalue weighted by atomic mass is 10.1. The molecule has 4 nitrogen and oxygen atoms in total. The van der Waals surface area contributed by atoms with Gasteiger partial charge in [-0.1, -0.05) is 18.2 Å². The van der Waals surface area contributed by atoms with E-state index in [4.69, 9.17) is 5.73 Å². The van der Waals surface area contributed by atoms with Gasteiger partial charge in [0.25, 0.3) is 0 Å². The van der Waals surface area contributed by atoms with Gasteiger partial charge in [0.05, 0.1) is 0 Å². The number of benzene rings is 1. The molecule has 80 valence electrons. The van der Waals surface area contributed by atoms with E-state index in [0.717, 1.165) is 11.1 Å². The molecule has 4 heteroatoms. The first-order chi connectivity index (χ1) is 7.00. The van der Waals surface area contributed by atoms with Crippen LogP contribution < -0.4 is 11.1 Å². The number of hydrogen-bond acceptors (Lipinski definition) is 2. The Bertz CT molecular complexity index is 400. The summed E-state index contributed by atoms with van der Waals surface area (Å²) in [6.07, 6.45) is 0. The van der Waals surface area contributed by atoms with E-state index < -0.39 is 11.8 Å². The molecule has 0 saturated heterocycles. The fourth-order valence-electron chi connectivity index (χ4n) is 1.18. The fourth-order valence-corrected chi connectivity index (χ4v) is 1.18. The first-order valence-corrected chi connectivity index (χ1v) is 4.64. The van der Waals surface area contributed by atoms with Crippen LogP contribution in [0, 0.1) is 13.8 Å². The Balaban J connectivity index is 2.62. The molecule has 0 aliphatic carbocycles. The van der Waals surface area contributed by atoms with Gasteiger partial charge in [0.15, 0.2) is 0 Å². The van der Waals surface area contributed by atoms with Crippen molar-refractivity contribution in [1.29, 1.82) is 0 Å². The van der Waals surface area contributed by atoms with Crippen molar-refractivity contribution < 1.29 is 9.59 Å². The van der Waals surface area contributed by atoms with Crippen LogP contribution in [0.3, 0.4) is 0 Å². The monoisotopic (exact) mass is 206 g/mol. The summed E-state index contributed by atoms with van der Waals surface area (Å²) in [5.41, 5.74) is 8.10. The second kappa shape index (κ2) is 4.59. The summed E-state index contributed by atoms with van der Waals surface area (Å²) in [5.74, 6) is -1.72. The maximum absolute atomic E-state index is 10.9. The smallest absolute Gasteiger partial charge is 0.309 e. The second-order valence-corrected chi connectivity index (χ2v) is 3.47. The molecule has 0 heterocycles. The summed E-state index contributed by atoms with van der Waals surface area (Å²) < 4.78 is 0. The van der Waals surface area contributed by atoms with Gasteiger partial charge < -0.3 is 11.1 Å². The minimum Gasteiger partial charge on any atom is -0.361 e. The van der Waals surface area contributed by atoms with Crippen molar-refractivity contribution in [2.75, 3.05) is 0 Å². The predicted octanol–water partition coefficient (Wildman–Crippen LogP) is 0.405. The van der Waals surface area contributed by atoms with Gasteiger partial charge in [-0.25, -0.2) is 0 Å². The lowest BCUT2D eigenvalue weighted by Gasteiger charge is -2.05. The zero-order valence-electron chi connectivity index (χ0n) is 8.83. The molecule has 0 radical (unpaired) electrons. The summed E-state index contributed by atoms with van der Waals surface area (Å²) in [6.45, 7) is 4.33. The lowest BCUT2D eigenvalue weighted by Crippen LogP contribution is -2.35. The number of hydrogen-bond donors (Lipinski definition) is 2. The van der Waals surface area contributed by atoms with E-state index in [2.05, 4.69) is 5.32 Å². The summed E-state index contributed by atoms with van der Waals surface area (Å²) in [6, 6.07) is 5.85. The molecule has 0 fully saturated rings. The van der Waals surface area contributed by atoms with Crippen LogP contribution in [0.5, 0.6) is 0 Å². The Morgan fingerprint density at radius 3 is 2.47 bits per heavy atom. The molecule has 0 unspecified atom stereocenters. The van der Waals surface area contributed by atoms with Gasteiger partial charge in [-0.3, -0.25) is 9.59 Å². The van der Waals surface area contributed by atoms with Crippen LogP contribution >= 0.6 is 0 Å². The molecule has 0 saturated carbocycles. The van der Waals surface area contributed by atoms with Crippen molar-refractivity contribution in [3.8, 4) is 0 Å². The minimum absolute atomic E-state index is 0.322. The predicted molar refractivity (Wildman–Crippen MR) is 57.0 cm³/mol. The highest BCUT2D eigenvalue weighted by Gasteiger charge is 2.07. The number of amides is 2. The van der Waals surface area contributed by atoms with Crippen LogP contribution in [-0.2, 0) is 16.1 Å². The van der Waals surface area contributed by atoms with Gasteiger partial charge in [-0.15, -0.1) is 0 Å². The number of rotatable bonds is 2. The third kappa shape index (κ3) is 3.09. The Labute approximate surface area is 88.5 Å². The van der Waals surface area contributed by atoms with E-state index in [1.54, 1.807) is 0 Å². The summed E-state index contributed by atoms with van der Waals surface area (Å²) in [5, 5.41) is 2.43. The molecule has 0 aliphatic rings. The average Bonchev–Trinajstić information content (AvgIpc) is 2.19. The zero-order valence-corrected chi connectivity index (χ0v) is 8.83. The molecule has 1 aromatic rings. The molecule has 0 spiro atoms. The zero-order chi connectivity index (χ0) is 11.4. The van der Waals surface area contributed by atoms with Crippen molar-refractivity contribution in [3.63, 3.8) is 0 Å². The van der Waals surface area contributed by atoms with Crippen LogP contribution in [0.4, 0.5) is 0 Å². The quantitative estimate of drug-likeness (QED) is 0.688. The van der Waals surface area contributed by atoms with Crippen molar-refractivity contribution in [2.24, 2.45) is 5.73 Å². The maximum Gasteiger partial charge on any atom is 0.309 e. The Morgan fingerprint density at radius 2 is 1.93 bits per heavy atom. The van der Waals surface area contributed by atoms with E-state index in [1.807, 2.05) is 32.0 Å². The average molecular weight is 206 g/mol. The lowest BCUT2D eigenvalue weighted by molar-refractivity contribution is -0.137. The van der Waals surface area contributed by atoms with Crippen LogP contribution in [-0.4, -0.2) is 11.8 Å². The van der Waals surface area contributed by atoms with Crippen LogP contribution in [0.15, 0.2) is 18.2 Å². The topological polar surface area (TPSA) is 72.2 Å². The molecule has 0 bridgehead atoms. The van der Waals surface area contributed by atoms with E-state index in [1.165, 1.54) is 5.56 Å². The SMILES string of the molecule is Cc1ccc(CNC(=O)C(N)=O)cc1C. The molecule has 1 aromatic carbocycles. The number of nitrogens with one attached hydrogen (secondary N) is 1. The molecule has 0 aromatic heterocycles. The number of aryl methyl sites for hydroxylation is 2. The molecule has 0 aliphatic heterocycles. The van der Waals surface area contributed by atoms with Crippen LogP contribution in [0.25, 0.3) is 0 Å². The van der Waals surface area contributed by atoms with Gasteiger partial charge in [0.1, 0.15) is 0 Å². The normalized spacial score (nSPS) is 9.73. The highest BCUT2D eigenvalue weighted by molar-refractivity contribution is 6.34. The van der Waals surface area contributed by atoms with E-state index in [0.29, 0.717) is 6.54 Å². The number of carbonyl (C=O) groups is 2. The third-order valence-electron chi connectivity index (χ3n) is 2.25. The highest BCUT2D eigenvalue weighted by Crippen LogP contribution is 2.09. The minimum atomic E-state index is -0.959. The van der Waals surface area contributed by atoms with Crippen LogP contribution in [0.2, 0.25) is 0 Å². The summed E-state index contributed by atoms with van der Waals surface area (Å²) in [4.78, 5) is 21.3. The molecule has 15 heavy (non-hydrogen) atoms. The van der Waals surface area contributed by atoms with Gasteiger partial charge in [0.2, 0.25) is 0 Å². The number of primary amides is 1. The largest absolute Gasteiger partial charge is 0.361 e.